The number of thiophene rings is 1. The van der Waals surface area contributed by atoms with Crippen molar-refractivity contribution in [2.24, 2.45) is 5.92 Å². The summed E-state index contributed by atoms with van der Waals surface area (Å²) in [7, 11) is 1.68. The highest BCUT2D eigenvalue weighted by molar-refractivity contribution is 7.07. The van der Waals surface area contributed by atoms with Crippen molar-refractivity contribution in [3.8, 4) is 0 Å². The van der Waals surface area contributed by atoms with Crippen molar-refractivity contribution in [3.63, 3.8) is 0 Å². The van der Waals surface area contributed by atoms with Crippen LogP contribution < -0.4 is 10.7 Å². The molecule has 7 heteroatoms. The van der Waals surface area contributed by atoms with Crippen LogP contribution in [0.2, 0.25) is 0 Å². The van der Waals surface area contributed by atoms with Crippen LogP contribution in [0.3, 0.4) is 0 Å². The molecule has 2 rings (SSSR count). The number of nitrogens with zero attached hydrogens (tertiary/aromatic N) is 2. The Hall–Kier alpha value is -2.41. The fourth-order valence-corrected chi connectivity index (χ4v) is 3.84. The monoisotopic (exact) mass is 417 g/mol. The van der Waals surface area contributed by atoms with E-state index in [0.717, 1.165) is 5.56 Å². The number of aromatic nitrogens is 1. The zero-order chi connectivity index (χ0) is 21.7. The normalized spacial score (nSPS) is 12.3. The summed E-state index contributed by atoms with van der Waals surface area (Å²) in [4.78, 5) is 40.3. The fraction of sp³-hybridized carbons (Fsp3) is 0.500. The van der Waals surface area contributed by atoms with Crippen LogP contribution in [0.25, 0.3) is 0 Å². The Balaban J connectivity index is 2.32. The van der Waals surface area contributed by atoms with Gasteiger partial charge in [0.15, 0.2) is 0 Å². The van der Waals surface area contributed by atoms with Gasteiger partial charge in [-0.1, -0.05) is 13.8 Å². The molecule has 2 amide bonds. The molecule has 0 aliphatic rings. The first-order valence-corrected chi connectivity index (χ1v) is 10.9. The van der Waals surface area contributed by atoms with E-state index in [-0.39, 0.29) is 35.0 Å². The Bertz CT molecular complexity index is 901. The van der Waals surface area contributed by atoms with Gasteiger partial charge in [-0.25, -0.2) is 0 Å². The van der Waals surface area contributed by atoms with E-state index < -0.39 is 11.3 Å². The first kappa shape index (κ1) is 22.9. The predicted octanol–water partition coefficient (Wildman–Crippen LogP) is 3.58. The van der Waals surface area contributed by atoms with E-state index in [1.54, 1.807) is 35.3 Å². The molecule has 0 unspecified atom stereocenters. The zero-order valence-electron chi connectivity index (χ0n) is 18.1. The van der Waals surface area contributed by atoms with Gasteiger partial charge in [-0.3, -0.25) is 14.4 Å². The van der Waals surface area contributed by atoms with E-state index in [0.29, 0.717) is 13.0 Å². The second-order valence-corrected chi connectivity index (χ2v) is 9.03. The third kappa shape index (κ3) is 6.03. The summed E-state index contributed by atoms with van der Waals surface area (Å²) in [6, 6.07) is 1.89. The number of carbonyl (C=O) groups excluding carboxylic acids is 2. The molecule has 0 aliphatic heterocycles. The summed E-state index contributed by atoms with van der Waals surface area (Å²) in [5, 5.41) is 6.93. The first-order chi connectivity index (χ1) is 13.6. The van der Waals surface area contributed by atoms with Crippen molar-refractivity contribution in [2.75, 3.05) is 13.6 Å². The molecule has 0 saturated heterocycles. The van der Waals surface area contributed by atoms with E-state index in [4.69, 9.17) is 0 Å². The Kier molecular flexibility index (Phi) is 7.79. The summed E-state index contributed by atoms with van der Waals surface area (Å²) in [5.41, 5.74) is 0.643. The van der Waals surface area contributed by atoms with Crippen molar-refractivity contribution in [1.29, 1.82) is 0 Å². The molecule has 158 valence electrons. The van der Waals surface area contributed by atoms with Gasteiger partial charge in [-0.2, -0.15) is 11.3 Å². The molecular formula is C22H31N3O3S. The van der Waals surface area contributed by atoms with E-state index in [1.807, 2.05) is 51.4 Å². The molecule has 0 aromatic carbocycles. The molecule has 29 heavy (non-hydrogen) atoms. The molecule has 0 aliphatic carbocycles. The highest BCUT2D eigenvalue weighted by atomic mass is 32.1. The lowest BCUT2D eigenvalue weighted by atomic mass is 10.1. The van der Waals surface area contributed by atoms with E-state index in [2.05, 4.69) is 5.32 Å². The first-order valence-electron chi connectivity index (χ1n) is 9.93. The lowest BCUT2D eigenvalue weighted by molar-refractivity contribution is 0.0777. The molecule has 2 aromatic heterocycles. The minimum absolute atomic E-state index is 0.000310. The number of nitrogens with one attached hydrogen (secondary N) is 1. The molecule has 1 atom stereocenters. The van der Waals surface area contributed by atoms with Gasteiger partial charge in [0.1, 0.15) is 11.1 Å². The van der Waals surface area contributed by atoms with Crippen LogP contribution in [0.15, 0.2) is 34.0 Å². The molecule has 0 saturated carbocycles. The molecule has 0 radical (unpaired) electrons. The summed E-state index contributed by atoms with van der Waals surface area (Å²) < 4.78 is 1.75. The maximum Gasteiger partial charge on any atom is 0.259 e. The highest BCUT2D eigenvalue weighted by Gasteiger charge is 2.23. The molecule has 0 bridgehead atoms. The Morgan fingerprint density at radius 1 is 1.14 bits per heavy atom. The van der Waals surface area contributed by atoms with Crippen LogP contribution in [0.1, 0.15) is 66.9 Å². The van der Waals surface area contributed by atoms with Crippen LogP contribution in [0.4, 0.5) is 0 Å². The van der Waals surface area contributed by atoms with Crippen molar-refractivity contribution < 1.29 is 9.59 Å². The number of hydrogen-bond acceptors (Lipinski definition) is 4. The third-order valence-electron chi connectivity index (χ3n) is 4.60. The maximum absolute atomic E-state index is 13.0. The zero-order valence-corrected chi connectivity index (χ0v) is 18.9. The van der Waals surface area contributed by atoms with Crippen molar-refractivity contribution in [1.82, 2.24) is 14.8 Å². The smallest absolute Gasteiger partial charge is 0.259 e. The van der Waals surface area contributed by atoms with Gasteiger partial charge in [-0.05, 0) is 55.5 Å². The third-order valence-corrected chi connectivity index (χ3v) is 5.33. The van der Waals surface area contributed by atoms with Gasteiger partial charge in [-0.15, -0.1) is 0 Å². The van der Waals surface area contributed by atoms with E-state index >= 15 is 0 Å². The molecule has 2 aromatic rings. The summed E-state index contributed by atoms with van der Waals surface area (Å²) >= 11 is 1.61. The van der Waals surface area contributed by atoms with Gasteiger partial charge < -0.3 is 14.8 Å². The molecule has 0 spiro atoms. The van der Waals surface area contributed by atoms with Crippen LogP contribution in [0, 0.1) is 5.92 Å². The van der Waals surface area contributed by atoms with Gasteiger partial charge in [0.25, 0.3) is 11.8 Å². The standard InChI is InChI=1S/C22H31N3O3S/c1-14(2)10-24(6)22(28)19-12-25(15(3)4)11-18(20(19)26)21(27)23-16(5)9-17-7-8-29-13-17/h7-8,11-16H,9-10H2,1-6H3,(H,23,27)/t16-/m0/s1. The van der Waals surface area contributed by atoms with Gasteiger partial charge in [0, 0.05) is 38.1 Å². The highest BCUT2D eigenvalue weighted by Crippen LogP contribution is 2.11. The largest absolute Gasteiger partial charge is 0.350 e. The van der Waals surface area contributed by atoms with E-state index in [1.165, 1.54) is 4.90 Å². The second-order valence-electron chi connectivity index (χ2n) is 8.25. The number of pyridine rings is 1. The predicted molar refractivity (Wildman–Crippen MR) is 118 cm³/mol. The average Bonchev–Trinajstić information content (AvgIpc) is 3.13. The fourth-order valence-electron chi connectivity index (χ4n) is 3.16. The molecule has 2 heterocycles. The molecule has 0 fully saturated rings. The van der Waals surface area contributed by atoms with Gasteiger partial charge >= 0.3 is 0 Å². The van der Waals surface area contributed by atoms with Gasteiger partial charge in [0.2, 0.25) is 5.43 Å². The van der Waals surface area contributed by atoms with Crippen LogP contribution in [-0.2, 0) is 6.42 Å². The van der Waals surface area contributed by atoms with Crippen LogP contribution in [0.5, 0.6) is 0 Å². The molecule has 6 nitrogen and oxygen atoms in total. The van der Waals surface area contributed by atoms with Crippen molar-refractivity contribution >= 4 is 23.2 Å². The summed E-state index contributed by atoms with van der Waals surface area (Å²) in [6.45, 7) is 10.3. The lowest BCUT2D eigenvalue weighted by Crippen LogP contribution is -2.40. The topological polar surface area (TPSA) is 71.4 Å². The molecule has 1 N–H and O–H groups in total. The number of hydrogen-bond donors (Lipinski definition) is 1. The minimum atomic E-state index is -0.525. The number of amides is 2. The average molecular weight is 418 g/mol. The number of carbonyl (C=O) groups is 2. The summed E-state index contributed by atoms with van der Waals surface area (Å²) in [6.07, 6.45) is 3.78. The Morgan fingerprint density at radius 2 is 1.79 bits per heavy atom. The molecular weight excluding hydrogens is 386 g/mol. The SMILES string of the molecule is CC(C)CN(C)C(=O)c1cn(C(C)C)cc(C(=O)N[C@@H](C)Cc2ccsc2)c1=O. The second kappa shape index (κ2) is 9.87. The maximum atomic E-state index is 13.0. The van der Waals surface area contributed by atoms with Crippen molar-refractivity contribution in [2.45, 2.75) is 53.1 Å². The van der Waals surface area contributed by atoms with Crippen molar-refractivity contribution in [3.05, 3.63) is 56.1 Å². The Morgan fingerprint density at radius 3 is 2.34 bits per heavy atom. The lowest BCUT2D eigenvalue weighted by Gasteiger charge is -2.21. The minimum Gasteiger partial charge on any atom is -0.350 e. The van der Waals surface area contributed by atoms with Gasteiger partial charge in [0.05, 0.1) is 0 Å². The number of rotatable bonds is 8. The quantitative estimate of drug-likeness (QED) is 0.714. The van der Waals surface area contributed by atoms with Crippen LogP contribution in [-0.4, -0.2) is 40.9 Å². The summed E-state index contributed by atoms with van der Waals surface area (Å²) in [5.74, 6) is -0.534. The van der Waals surface area contributed by atoms with Crippen LogP contribution >= 0.6 is 11.3 Å². The Labute approximate surface area is 176 Å². The van der Waals surface area contributed by atoms with E-state index in [9.17, 15) is 14.4 Å².